The Hall–Kier alpha value is -1.88. The first kappa shape index (κ1) is 20.8. The zero-order valence-corrected chi connectivity index (χ0v) is 17.4. The van der Waals surface area contributed by atoms with Crippen molar-refractivity contribution in [3.8, 4) is 0 Å². The predicted octanol–water partition coefficient (Wildman–Crippen LogP) is 1.27. The Morgan fingerprint density at radius 3 is 2.68 bits per heavy atom. The second kappa shape index (κ2) is 9.08. The van der Waals surface area contributed by atoms with Gasteiger partial charge in [-0.05, 0) is 23.8 Å². The van der Waals surface area contributed by atoms with E-state index in [-0.39, 0.29) is 24.4 Å². The predicted molar refractivity (Wildman–Crippen MR) is 113 cm³/mol. The molecule has 2 N–H and O–H groups in total. The van der Waals surface area contributed by atoms with Crippen LogP contribution in [0.2, 0.25) is 0 Å². The van der Waals surface area contributed by atoms with E-state index in [2.05, 4.69) is 10.1 Å². The highest BCUT2D eigenvalue weighted by Gasteiger charge is 2.34. The lowest BCUT2D eigenvalue weighted by Gasteiger charge is -2.18. The minimum absolute atomic E-state index is 0.183. The Balaban J connectivity index is 1.64. The zero-order chi connectivity index (χ0) is 20.3. The van der Waals surface area contributed by atoms with Crippen LogP contribution in [0.15, 0.2) is 29.2 Å². The van der Waals surface area contributed by atoms with Crippen molar-refractivity contribution in [1.82, 2.24) is 10.2 Å². The minimum atomic E-state index is -0.576. The highest BCUT2D eigenvalue weighted by atomic mass is 32.2. The molecule has 1 aromatic rings. The third kappa shape index (κ3) is 4.75. The van der Waals surface area contributed by atoms with Gasteiger partial charge in [0.2, 0.25) is 5.91 Å². The fourth-order valence-corrected chi connectivity index (χ4v) is 5.12. The fourth-order valence-electron chi connectivity index (χ4n) is 2.70. The number of thiocarbonyl (C=S) groups is 1. The average Bonchev–Trinajstić information content (AvgIpc) is 3.19. The van der Waals surface area contributed by atoms with E-state index in [1.165, 1.54) is 12.0 Å². The number of aliphatic hydroxyl groups is 1. The van der Waals surface area contributed by atoms with Gasteiger partial charge >= 0.3 is 5.97 Å². The van der Waals surface area contributed by atoms with Gasteiger partial charge < -0.3 is 15.2 Å². The molecule has 0 aromatic heterocycles. The summed E-state index contributed by atoms with van der Waals surface area (Å²) in [6.07, 6.45) is 1.09. The first-order valence-electron chi connectivity index (χ1n) is 8.38. The zero-order valence-electron chi connectivity index (χ0n) is 14.9. The van der Waals surface area contributed by atoms with Crippen molar-refractivity contribution in [2.24, 2.45) is 0 Å². The molecule has 7 nitrogen and oxygen atoms in total. The van der Waals surface area contributed by atoms with Crippen molar-refractivity contribution >= 4 is 63.9 Å². The van der Waals surface area contributed by atoms with E-state index in [0.29, 0.717) is 26.3 Å². The minimum Gasteiger partial charge on any atom is -0.465 e. The fraction of sp³-hybridized carbons (Fsp3) is 0.333. The van der Waals surface area contributed by atoms with E-state index in [4.69, 9.17) is 12.2 Å². The SMILES string of the molecule is COC(=O)c1ccc(/C=C2\SC(=S)N(CC(=O)NC3CSCC3O)C2=O)cc1. The summed E-state index contributed by atoms with van der Waals surface area (Å²) in [7, 11) is 1.31. The van der Waals surface area contributed by atoms with E-state index in [1.807, 2.05) is 0 Å². The summed E-state index contributed by atoms with van der Waals surface area (Å²) in [5.41, 5.74) is 1.14. The van der Waals surface area contributed by atoms with Gasteiger partial charge in [0.15, 0.2) is 0 Å². The lowest BCUT2D eigenvalue weighted by molar-refractivity contribution is -0.129. The molecular weight excluding hydrogens is 420 g/mol. The molecule has 0 saturated carbocycles. The first-order valence-corrected chi connectivity index (χ1v) is 10.8. The van der Waals surface area contributed by atoms with Crippen LogP contribution in [-0.4, -0.2) is 69.4 Å². The molecule has 2 heterocycles. The normalized spacial score (nSPS) is 23.4. The van der Waals surface area contributed by atoms with Crippen molar-refractivity contribution in [2.45, 2.75) is 12.1 Å². The molecule has 2 aliphatic heterocycles. The van der Waals surface area contributed by atoms with Gasteiger partial charge in [0.05, 0.1) is 29.7 Å². The number of aliphatic hydroxyl groups excluding tert-OH is 1. The number of benzene rings is 1. The number of rotatable bonds is 5. The third-order valence-electron chi connectivity index (χ3n) is 4.20. The number of carbonyl (C=O) groups excluding carboxylic acids is 3. The summed E-state index contributed by atoms with van der Waals surface area (Å²) >= 11 is 7.93. The van der Waals surface area contributed by atoms with Gasteiger partial charge in [-0.25, -0.2) is 4.79 Å². The van der Waals surface area contributed by atoms with Gasteiger partial charge in [-0.15, -0.1) is 0 Å². The Kier molecular flexibility index (Phi) is 6.76. The van der Waals surface area contributed by atoms with Crippen LogP contribution in [0.25, 0.3) is 6.08 Å². The van der Waals surface area contributed by atoms with Crippen molar-refractivity contribution in [3.63, 3.8) is 0 Å². The number of thioether (sulfide) groups is 2. The molecule has 2 fully saturated rings. The summed E-state index contributed by atoms with van der Waals surface area (Å²) in [5.74, 6) is 0.0979. The third-order valence-corrected chi connectivity index (χ3v) is 6.75. The molecule has 2 saturated heterocycles. The Labute approximate surface area is 175 Å². The molecule has 148 valence electrons. The number of hydrogen-bond acceptors (Lipinski definition) is 8. The topological polar surface area (TPSA) is 95.9 Å². The van der Waals surface area contributed by atoms with Crippen LogP contribution >= 0.6 is 35.7 Å². The molecule has 2 aliphatic rings. The molecule has 10 heteroatoms. The van der Waals surface area contributed by atoms with E-state index in [9.17, 15) is 19.5 Å². The molecule has 0 aliphatic carbocycles. The summed E-state index contributed by atoms with van der Waals surface area (Å²) in [5, 5.41) is 12.5. The molecule has 1 aromatic carbocycles. The molecule has 3 rings (SSSR count). The number of nitrogens with zero attached hydrogens (tertiary/aromatic N) is 1. The lowest BCUT2D eigenvalue weighted by atomic mass is 10.1. The maximum absolute atomic E-state index is 12.6. The number of nitrogens with one attached hydrogen (secondary N) is 1. The van der Waals surface area contributed by atoms with Crippen LogP contribution in [0.3, 0.4) is 0 Å². The average molecular weight is 439 g/mol. The van der Waals surface area contributed by atoms with E-state index in [1.54, 1.807) is 42.1 Å². The van der Waals surface area contributed by atoms with Crippen LogP contribution in [0.1, 0.15) is 15.9 Å². The number of esters is 1. The second-order valence-electron chi connectivity index (χ2n) is 6.16. The van der Waals surface area contributed by atoms with Crippen molar-refractivity contribution in [2.75, 3.05) is 25.2 Å². The Morgan fingerprint density at radius 1 is 1.36 bits per heavy atom. The largest absolute Gasteiger partial charge is 0.465 e. The van der Waals surface area contributed by atoms with Crippen LogP contribution in [0.4, 0.5) is 0 Å². The number of methoxy groups -OCH3 is 1. The van der Waals surface area contributed by atoms with Gasteiger partial charge in [0.1, 0.15) is 10.9 Å². The first-order chi connectivity index (χ1) is 13.4. The molecule has 28 heavy (non-hydrogen) atoms. The van der Waals surface area contributed by atoms with Gasteiger partial charge in [0.25, 0.3) is 5.91 Å². The number of carbonyl (C=O) groups is 3. The standard InChI is InChI=1S/C18H18N2O5S3/c1-25-17(24)11-4-2-10(3-5-11)6-14-16(23)20(18(26)28-14)7-15(22)19-12-8-27-9-13(12)21/h2-6,12-13,21H,7-9H2,1H3,(H,19,22)/b14-6-. The van der Waals surface area contributed by atoms with Crippen LogP contribution in [0, 0.1) is 0 Å². The molecule has 0 spiro atoms. The summed E-state index contributed by atoms with van der Waals surface area (Å²) in [6.45, 7) is -0.183. The van der Waals surface area contributed by atoms with Gasteiger partial charge in [-0.1, -0.05) is 36.1 Å². The highest BCUT2D eigenvalue weighted by molar-refractivity contribution is 8.26. The van der Waals surface area contributed by atoms with Crippen molar-refractivity contribution < 1.29 is 24.2 Å². The number of hydrogen-bond donors (Lipinski definition) is 2. The highest BCUT2D eigenvalue weighted by Crippen LogP contribution is 2.32. The summed E-state index contributed by atoms with van der Waals surface area (Å²) in [6, 6.07) is 6.31. The smallest absolute Gasteiger partial charge is 0.337 e. The Morgan fingerprint density at radius 2 is 2.07 bits per heavy atom. The monoisotopic (exact) mass is 438 g/mol. The molecular formula is C18H18N2O5S3. The molecule has 2 amide bonds. The maximum atomic E-state index is 12.6. The van der Waals surface area contributed by atoms with Crippen molar-refractivity contribution in [1.29, 1.82) is 0 Å². The van der Waals surface area contributed by atoms with Crippen LogP contribution in [-0.2, 0) is 14.3 Å². The maximum Gasteiger partial charge on any atom is 0.337 e. The summed E-state index contributed by atoms with van der Waals surface area (Å²) in [4.78, 5) is 38.0. The lowest BCUT2D eigenvalue weighted by Crippen LogP contribution is -2.47. The van der Waals surface area contributed by atoms with Gasteiger partial charge in [-0.2, -0.15) is 11.8 Å². The summed E-state index contributed by atoms with van der Waals surface area (Å²) < 4.78 is 4.96. The van der Waals surface area contributed by atoms with Crippen LogP contribution in [0.5, 0.6) is 0 Å². The van der Waals surface area contributed by atoms with Gasteiger partial charge in [0, 0.05) is 11.5 Å². The number of amides is 2. The van der Waals surface area contributed by atoms with Gasteiger partial charge in [-0.3, -0.25) is 14.5 Å². The van der Waals surface area contributed by atoms with E-state index >= 15 is 0 Å². The molecule has 0 bridgehead atoms. The van der Waals surface area contributed by atoms with Crippen molar-refractivity contribution in [3.05, 3.63) is 40.3 Å². The van der Waals surface area contributed by atoms with E-state index in [0.717, 1.165) is 17.3 Å². The molecule has 0 radical (unpaired) electrons. The molecule has 2 atom stereocenters. The van der Waals surface area contributed by atoms with Crippen LogP contribution < -0.4 is 5.32 Å². The quantitative estimate of drug-likeness (QED) is 0.403. The second-order valence-corrected chi connectivity index (χ2v) is 8.91. The number of ether oxygens (including phenoxy) is 1. The van der Waals surface area contributed by atoms with E-state index < -0.39 is 12.1 Å². The molecule has 2 unspecified atom stereocenters. The Bertz CT molecular complexity index is 840.